The van der Waals surface area contributed by atoms with Crippen molar-refractivity contribution >= 4 is 5.91 Å². The summed E-state index contributed by atoms with van der Waals surface area (Å²) < 4.78 is 11.3. The number of aliphatic hydroxyl groups excluding tert-OH is 5. The first kappa shape index (κ1) is 80.6. The second-order valence-electron chi connectivity index (χ2n) is 24.3. The predicted octanol–water partition coefficient (Wildman–Crippen LogP) is 19.8. The molecular formula is C77H133NO8. The Labute approximate surface area is 528 Å². The molecule has 1 heterocycles. The fraction of sp³-hybridized carbons (Fsp3) is 0.727. The molecule has 0 radical (unpaired) electrons. The molecule has 0 aromatic heterocycles. The highest BCUT2D eigenvalue weighted by Crippen LogP contribution is 2.23. The van der Waals surface area contributed by atoms with E-state index in [0.29, 0.717) is 6.42 Å². The van der Waals surface area contributed by atoms with E-state index >= 15 is 0 Å². The molecule has 7 atom stereocenters. The second-order valence-corrected chi connectivity index (χ2v) is 24.3. The monoisotopic (exact) mass is 1200 g/mol. The lowest BCUT2D eigenvalue weighted by Gasteiger charge is -2.40. The van der Waals surface area contributed by atoms with Crippen LogP contribution in [0.25, 0.3) is 0 Å². The molecule has 6 N–H and O–H groups in total. The first-order valence-electron chi connectivity index (χ1n) is 35.8. The van der Waals surface area contributed by atoms with Crippen LogP contribution in [0.2, 0.25) is 0 Å². The highest BCUT2D eigenvalue weighted by atomic mass is 16.7. The highest BCUT2D eigenvalue weighted by molar-refractivity contribution is 5.76. The number of amides is 1. The van der Waals surface area contributed by atoms with Crippen LogP contribution in [0.15, 0.2) is 122 Å². The number of carbonyl (C=O) groups excluding carboxylic acids is 1. The zero-order chi connectivity index (χ0) is 62.1. The Bertz CT molecular complexity index is 1780. The number of ether oxygens (including phenoxy) is 2. The molecule has 1 aliphatic heterocycles. The largest absolute Gasteiger partial charge is 0.394 e. The van der Waals surface area contributed by atoms with Crippen LogP contribution in [-0.2, 0) is 14.3 Å². The van der Waals surface area contributed by atoms with E-state index in [9.17, 15) is 30.3 Å². The molecule has 1 amide bonds. The van der Waals surface area contributed by atoms with Gasteiger partial charge in [-0.05, 0) is 96.3 Å². The van der Waals surface area contributed by atoms with Gasteiger partial charge in [-0.2, -0.15) is 0 Å². The molecule has 0 aliphatic carbocycles. The Morgan fingerprint density at radius 1 is 0.407 bits per heavy atom. The maximum Gasteiger partial charge on any atom is 0.220 e. The number of hydrogen-bond acceptors (Lipinski definition) is 8. The van der Waals surface area contributed by atoms with Crippen molar-refractivity contribution in [2.75, 3.05) is 13.2 Å². The van der Waals surface area contributed by atoms with Gasteiger partial charge in [-0.1, -0.05) is 322 Å². The smallest absolute Gasteiger partial charge is 0.220 e. The first-order valence-corrected chi connectivity index (χ1v) is 35.8. The summed E-state index contributed by atoms with van der Waals surface area (Å²) in [5.41, 5.74) is 0. The van der Waals surface area contributed by atoms with Crippen LogP contribution in [0.4, 0.5) is 0 Å². The number of aliphatic hydroxyl groups is 5. The molecule has 0 spiro atoms. The van der Waals surface area contributed by atoms with Gasteiger partial charge in [-0.15, -0.1) is 0 Å². The van der Waals surface area contributed by atoms with E-state index in [4.69, 9.17) is 9.47 Å². The molecule has 1 rings (SSSR count). The molecule has 0 aromatic carbocycles. The quantitative estimate of drug-likeness (QED) is 0.0261. The SMILES string of the molecule is CC/C=C\C/C=C\C/C=C\C/C=C\C/C=C\C/C=C\C/C=C\C/C=C\CCCCCCCCCCC(=O)NC(COC1OC(CO)C(O)C(O)C1O)C(O)/C=C/CC/C=C/CCCCCCCCCCCCCCCCCCCCCCCCCC. The van der Waals surface area contributed by atoms with Gasteiger partial charge in [0.2, 0.25) is 5.91 Å². The van der Waals surface area contributed by atoms with E-state index in [1.54, 1.807) is 6.08 Å². The Hall–Kier alpha value is -3.41. The van der Waals surface area contributed by atoms with Crippen molar-refractivity contribution in [1.82, 2.24) is 5.32 Å². The van der Waals surface area contributed by atoms with E-state index in [-0.39, 0.29) is 12.5 Å². The fourth-order valence-corrected chi connectivity index (χ4v) is 10.7. The minimum atomic E-state index is -1.58. The minimum absolute atomic E-state index is 0.197. The second kappa shape index (κ2) is 64.6. The maximum atomic E-state index is 13.1. The van der Waals surface area contributed by atoms with Gasteiger partial charge in [0.1, 0.15) is 24.4 Å². The lowest BCUT2D eigenvalue weighted by molar-refractivity contribution is -0.302. The Morgan fingerprint density at radius 2 is 0.733 bits per heavy atom. The topological polar surface area (TPSA) is 149 Å². The van der Waals surface area contributed by atoms with E-state index < -0.39 is 49.5 Å². The van der Waals surface area contributed by atoms with Crippen molar-refractivity contribution in [3.63, 3.8) is 0 Å². The third-order valence-corrected chi connectivity index (χ3v) is 16.3. The van der Waals surface area contributed by atoms with Crippen LogP contribution < -0.4 is 5.32 Å². The van der Waals surface area contributed by atoms with Crippen LogP contribution in [0.3, 0.4) is 0 Å². The van der Waals surface area contributed by atoms with Gasteiger partial charge in [0.25, 0.3) is 0 Å². The average molecular weight is 1200 g/mol. The molecule has 0 saturated carbocycles. The van der Waals surface area contributed by atoms with Crippen molar-refractivity contribution < 1.29 is 39.8 Å². The lowest BCUT2D eigenvalue weighted by Crippen LogP contribution is -2.60. The summed E-state index contributed by atoms with van der Waals surface area (Å²) in [5.74, 6) is -0.197. The van der Waals surface area contributed by atoms with Gasteiger partial charge in [-0.3, -0.25) is 4.79 Å². The molecule has 7 unspecified atom stereocenters. The summed E-state index contributed by atoms with van der Waals surface area (Å²) >= 11 is 0. The number of nitrogens with one attached hydrogen (secondary N) is 1. The fourth-order valence-electron chi connectivity index (χ4n) is 10.7. The Balaban J connectivity index is 2.18. The average Bonchev–Trinajstić information content (AvgIpc) is 2.60. The van der Waals surface area contributed by atoms with Crippen molar-refractivity contribution in [2.24, 2.45) is 0 Å². The number of rotatable bonds is 61. The van der Waals surface area contributed by atoms with Crippen molar-refractivity contribution in [1.29, 1.82) is 0 Å². The Morgan fingerprint density at radius 3 is 1.12 bits per heavy atom. The van der Waals surface area contributed by atoms with E-state index in [1.165, 1.54) is 180 Å². The van der Waals surface area contributed by atoms with Gasteiger partial charge in [0.05, 0.1) is 25.4 Å². The molecule has 1 fully saturated rings. The van der Waals surface area contributed by atoms with Gasteiger partial charge >= 0.3 is 0 Å². The Kier molecular flexibility index (Phi) is 60.5. The van der Waals surface area contributed by atoms with Crippen LogP contribution in [0.5, 0.6) is 0 Å². The summed E-state index contributed by atoms with van der Waals surface area (Å²) in [6.45, 7) is 3.67. The van der Waals surface area contributed by atoms with Gasteiger partial charge in [-0.25, -0.2) is 0 Å². The number of hydrogen-bond donors (Lipinski definition) is 6. The highest BCUT2D eigenvalue weighted by Gasteiger charge is 2.44. The molecule has 494 valence electrons. The molecule has 0 bridgehead atoms. The van der Waals surface area contributed by atoms with E-state index in [1.807, 2.05) is 6.08 Å². The number of carbonyl (C=O) groups is 1. The summed E-state index contributed by atoms with van der Waals surface area (Å²) in [6, 6.07) is -0.837. The van der Waals surface area contributed by atoms with Gasteiger partial charge < -0.3 is 40.3 Å². The van der Waals surface area contributed by atoms with Crippen LogP contribution in [-0.4, -0.2) is 87.5 Å². The molecule has 0 aromatic rings. The van der Waals surface area contributed by atoms with Gasteiger partial charge in [0.15, 0.2) is 6.29 Å². The summed E-state index contributed by atoms with van der Waals surface area (Å²) in [6.07, 6.45) is 90.2. The zero-order valence-electron chi connectivity index (χ0n) is 55.3. The molecular weight excluding hydrogens is 1070 g/mol. The summed E-state index contributed by atoms with van der Waals surface area (Å²) in [5, 5.41) is 54.8. The van der Waals surface area contributed by atoms with E-state index in [2.05, 4.69) is 129 Å². The summed E-state index contributed by atoms with van der Waals surface area (Å²) in [7, 11) is 0. The first-order chi connectivity index (χ1) is 42.3. The standard InChI is InChI=1S/C77H133NO8/c1-3-5-7-9-11-13-15-17-19-21-23-25-27-29-31-33-35-36-37-39-41-43-45-47-49-51-53-55-57-59-61-63-65-67-73(81)78-70(69-85-77-76(84)75(83)74(82)72(68-79)86-77)71(80)66-64-62-60-58-56-54-52-50-48-46-44-42-40-38-34-32-30-28-26-24-22-20-18-16-14-12-10-8-6-4-2/h5,7,11,13,17,19,23,25,29,31,35-36,39,41,45,47,56,58,64,66,70-72,74-77,79-80,82-84H,3-4,6,8-10,12,14-16,18,20-22,24,26-28,30,32-34,37-38,40,42-44,46,48-55,57,59-63,65,67-69H2,1-2H3,(H,78,81)/b7-5-,13-11-,19-17-,25-23-,31-29-,36-35-,41-39-,47-45-,58-56+,66-64+. The van der Waals surface area contributed by atoms with E-state index in [0.717, 1.165) is 103 Å². The summed E-state index contributed by atoms with van der Waals surface area (Å²) in [4.78, 5) is 13.1. The number of unbranched alkanes of at least 4 members (excludes halogenated alkanes) is 33. The number of allylic oxidation sites excluding steroid dienone is 19. The molecule has 1 aliphatic rings. The zero-order valence-corrected chi connectivity index (χ0v) is 55.3. The van der Waals surface area contributed by atoms with Crippen molar-refractivity contribution in [3.05, 3.63) is 122 Å². The third-order valence-electron chi connectivity index (χ3n) is 16.3. The van der Waals surface area contributed by atoms with Crippen molar-refractivity contribution in [3.8, 4) is 0 Å². The third kappa shape index (κ3) is 52.5. The molecule has 86 heavy (non-hydrogen) atoms. The molecule has 9 nitrogen and oxygen atoms in total. The van der Waals surface area contributed by atoms with Crippen LogP contribution >= 0.6 is 0 Å². The normalized spacial score (nSPS) is 18.8. The predicted molar refractivity (Wildman–Crippen MR) is 368 cm³/mol. The molecule has 1 saturated heterocycles. The maximum absolute atomic E-state index is 13.1. The lowest BCUT2D eigenvalue weighted by atomic mass is 9.99. The van der Waals surface area contributed by atoms with Crippen LogP contribution in [0.1, 0.15) is 303 Å². The van der Waals surface area contributed by atoms with Crippen LogP contribution in [0, 0.1) is 0 Å². The minimum Gasteiger partial charge on any atom is -0.394 e. The van der Waals surface area contributed by atoms with Gasteiger partial charge in [0, 0.05) is 6.42 Å². The molecule has 9 heteroatoms. The van der Waals surface area contributed by atoms with Crippen molar-refractivity contribution in [2.45, 2.75) is 346 Å².